The van der Waals surface area contributed by atoms with Gasteiger partial charge in [0.1, 0.15) is 37.9 Å². The van der Waals surface area contributed by atoms with E-state index in [4.69, 9.17) is 37.9 Å². The molecule has 0 atom stereocenters. The lowest BCUT2D eigenvalue weighted by Gasteiger charge is -2.18. The van der Waals surface area contributed by atoms with Crippen LogP contribution in [0.5, 0.6) is 11.5 Å². The summed E-state index contributed by atoms with van der Waals surface area (Å²) in [6, 6.07) is 14.2. The summed E-state index contributed by atoms with van der Waals surface area (Å²) in [6.07, 6.45) is 0. The van der Waals surface area contributed by atoms with Gasteiger partial charge in [0.05, 0.1) is 52.9 Å². The van der Waals surface area contributed by atoms with Crippen molar-refractivity contribution < 1.29 is 47.5 Å². The van der Waals surface area contributed by atoms with Crippen molar-refractivity contribution >= 4 is 33.5 Å². The minimum absolute atomic E-state index is 0.174. The molecule has 10 heteroatoms. The van der Waals surface area contributed by atoms with Gasteiger partial charge in [0, 0.05) is 32.7 Å². The van der Waals surface area contributed by atoms with E-state index in [-0.39, 0.29) is 13.2 Å². The summed E-state index contributed by atoms with van der Waals surface area (Å²) in [5.74, 6) is 0.700. The molecule has 0 aliphatic rings. The Balaban J connectivity index is 1.48. The number of hydrogen-bond donors (Lipinski definition) is 0. The highest BCUT2D eigenvalue weighted by Gasteiger charge is 2.16. The van der Waals surface area contributed by atoms with Crippen molar-refractivity contribution in [3.8, 4) is 11.5 Å². The van der Waals surface area contributed by atoms with Gasteiger partial charge in [-0.05, 0) is 26.8 Å². The molecule has 3 aromatic carbocycles. The molecule has 0 aliphatic heterocycles. The smallest absolute Gasteiger partial charge is 0.333 e. The lowest BCUT2D eigenvalue weighted by atomic mass is 9.99. The third-order valence-electron chi connectivity index (χ3n) is 6.39. The Bertz CT molecular complexity index is 1430. The summed E-state index contributed by atoms with van der Waals surface area (Å²) in [5, 5.41) is 3.79. The fourth-order valence-electron chi connectivity index (χ4n) is 4.21. The molecule has 0 aliphatic carbocycles. The summed E-state index contributed by atoms with van der Waals surface area (Å²) >= 11 is 0. The maximum atomic E-state index is 11.4. The number of fused-ring (bicyclic) bond motifs is 2. The van der Waals surface area contributed by atoms with Gasteiger partial charge in [0.25, 0.3) is 0 Å². The van der Waals surface area contributed by atoms with Crippen LogP contribution in [0.2, 0.25) is 0 Å². The van der Waals surface area contributed by atoms with Crippen LogP contribution in [0, 0.1) is 6.92 Å². The third kappa shape index (κ3) is 11.8. The van der Waals surface area contributed by atoms with Crippen LogP contribution in [0.15, 0.2) is 66.8 Å². The molecule has 0 heterocycles. The Labute approximate surface area is 264 Å². The van der Waals surface area contributed by atoms with Crippen LogP contribution < -0.4 is 9.47 Å². The number of carbonyl (C=O) groups is 2. The zero-order valence-electron chi connectivity index (χ0n) is 26.5. The van der Waals surface area contributed by atoms with Crippen molar-refractivity contribution in [2.45, 2.75) is 20.8 Å². The first-order valence-electron chi connectivity index (χ1n) is 15.0. The largest absolute Gasteiger partial charge is 0.490 e. The topological polar surface area (TPSA) is 108 Å². The molecule has 0 saturated carbocycles. The van der Waals surface area contributed by atoms with E-state index in [9.17, 15) is 9.59 Å². The quantitative estimate of drug-likeness (QED) is 0.0627. The standard InChI is InChI=1S/C35H44O10/c1-25(2)34(36)44-22-18-40-14-12-38-16-20-42-32-28-8-6-7-9-29(28)33(31-24-27(5)10-11-30(31)32)43-21-17-39-13-15-41-19-23-45-35(37)26(3)4/h6-11,24H,1,3,12-23H2,2,4-5H3. The van der Waals surface area contributed by atoms with Crippen LogP contribution >= 0.6 is 0 Å². The van der Waals surface area contributed by atoms with Gasteiger partial charge in [-0.15, -0.1) is 0 Å². The van der Waals surface area contributed by atoms with Crippen LogP contribution in [-0.2, 0) is 38.0 Å². The number of aryl methyl sites for hydroxylation is 1. The van der Waals surface area contributed by atoms with Crippen molar-refractivity contribution in [2.75, 3.05) is 79.3 Å². The minimum atomic E-state index is -0.424. The summed E-state index contributed by atoms with van der Waals surface area (Å²) in [5.41, 5.74) is 1.82. The molecule has 0 spiro atoms. The minimum Gasteiger partial charge on any atom is -0.490 e. The lowest BCUT2D eigenvalue weighted by Crippen LogP contribution is -2.15. The molecule has 3 rings (SSSR count). The first-order chi connectivity index (χ1) is 21.8. The number of esters is 2. The lowest BCUT2D eigenvalue weighted by molar-refractivity contribution is -0.141. The number of rotatable bonds is 22. The van der Waals surface area contributed by atoms with Crippen LogP contribution in [0.1, 0.15) is 19.4 Å². The number of benzene rings is 3. The normalized spacial score (nSPS) is 11.0. The maximum Gasteiger partial charge on any atom is 0.333 e. The van der Waals surface area contributed by atoms with Gasteiger partial charge in [-0.25, -0.2) is 9.59 Å². The van der Waals surface area contributed by atoms with Gasteiger partial charge < -0.3 is 37.9 Å². The molecule has 244 valence electrons. The Morgan fingerprint density at radius 1 is 0.533 bits per heavy atom. The highest BCUT2D eigenvalue weighted by Crippen LogP contribution is 2.43. The van der Waals surface area contributed by atoms with Crippen molar-refractivity contribution in [2.24, 2.45) is 0 Å². The Kier molecular flexibility index (Phi) is 15.3. The highest BCUT2D eigenvalue weighted by atomic mass is 16.6. The predicted octanol–water partition coefficient (Wildman–Crippen LogP) is 5.36. The zero-order valence-corrected chi connectivity index (χ0v) is 26.5. The predicted molar refractivity (Wildman–Crippen MR) is 172 cm³/mol. The SMILES string of the molecule is C=C(C)C(=O)OCCOCCOCCOc1c2ccccc2c(OCCOCCOCCOC(=O)C(=C)C)c2cc(C)ccc12. The van der Waals surface area contributed by atoms with Crippen LogP contribution in [-0.4, -0.2) is 91.2 Å². The second-order valence-corrected chi connectivity index (χ2v) is 10.2. The second-order valence-electron chi connectivity index (χ2n) is 10.2. The molecule has 0 radical (unpaired) electrons. The molecule has 3 aromatic rings. The zero-order chi connectivity index (χ0) is 32.4. The molecule has 0 fully saturated rings. The molecule has 0 saturated heterocycles. The maximum absolute atomic E-state index is 11.4. The average molecular weight is 625 g/mol. The summed E-state index contributed by atoms with van der Waals surface area (Å²) in [7, 11) is 0. The van der Waals surface area contributed by atoms with Crippen molar-refractivity contribution in [3.63, 3.8) is 0 Å². The van der Waals surface area contributed by atoms with E-state index >= 15 is 0 Å². The Morgan fingerprint density at radius 2 is 0.911 bits per heavy atom. The van der Waals surface area contributed by atoms with Crippen LogP contribution in [0.4, 0.5) is 0 Å². The van der Waals surface area contributed by atoms with Gasteiger partial charge >= 0.3 is 11.9 Å². The van der Waals surface area contributed by atoms with Crippen molar-refractivity contribution in [1.82, 2.24) is 0 Å². The van der Waals surface area contributed by atoms with Crippen LogP contribution in [0.25, 0.3) is 21.5 Å². The number of ether oxygens (including phenoxy) is 8. The van der Waals surface area contributed by atoms with E-state index in [0.29, 0.717) is 77.2 Å². The molecular formula is C35H44O10. The summed E-state index contributed by atoms with van der Waals surface area (Å²) in [4.78, 5) is 22.7. The third-order valence-corrected chi connectivity index (χ3v) is 6.39. The van der Waals surface area contributed by atoms with E-state index in [1.807, 2.05) is 31.2 Å². The van der Waals surface area contributed by atoms with E-state index in [1.54, 1.807) is 13.8 Å². The number of hydrogen-bond acceptors (Lipinski definition) is 10. The first kappa shape index (κ1) is 35.5. The average Bonchev–Trinajstić information content (AvgIpc) is 3.02. The van der Waals surface area contributed by atoms with Gasteiger partial charge in [0.15, 0.2) is 0 Å². The highest BCUT2D eigenvalue weighted by molar-refractivity contribution is 6.11. The van der Waals surface area contributed by atoms with E-state index in [0.717, 1.165) is 38.6 Å². The molecule has 0 amide bonds. The summed E-state index contributed by atoms with van der Waals surface area (Å²) in [6.45, 7) is 16.3. The molecular weight excluding hydrogens is 580 g/mol. The molecule has 0 aromatic heterocycles. The van der Waals surface area contributed by atoms with E-state index < -0.39 is 11.9 Å². The Hall–Kier alpha value is -3.96. The monoisotopic (exact) mass is 624 g/mol. The van der Waals surface area contributed by atoms with Gasteiger partial charge in [-0.1, -0.05) is 55.1 Å². The van der Waals surface area contributed by atoms with E-state index in [2.05, 4.69) is 31.4 Å². The molecule has 0 bridgehead atoms. The Morgan fingerprint density at radius 3 is 1.36 bits per heavy atom. The first-order valence-corrected chi connectivity index (χ1v) is 15.0. The molecule has 45 heavy (non-hydrogen) atoms. The van der Waals surface area contributed by atoms with E-state index in [1.165, 1.54) is 0 Å². The van der Waals surface area contributed by atoms with Crippen molar-refractivity contribution in [1.29, 1.82) is 0 Å². The fraction of sp³-hybridized carbons (Fsp3) is 0.429. The fourth-order valence-corrected chi connectivity index (χ4v) is 4.21. The van der Waals surface area contributed by atoms with Crippen LogP contribution in [0.3, 0.4) is 0 Å². The second kappa shape index (κ2) is 19.4. The molecule has 0 unspecified atom stereocenters. The van der Waals surface area contributed by atoms with Gasteiger partial charge in [0.2, 0.25) is 0 Å². The molecule has 0 N–H and O–H groups in total. The summed E-state index contributed by atoms with van der Waals surface area (Å²) < 4.78 is 44.8. The molecule has 10 nitrogen and oxygen atoms in total. The van der Waals surface area contributed by atoms with Gasteiger partial charge in [-0.3, -0.25) is 0 Å². The number of carbonyl (C=O) groups excluding carboxylic acids is 2. The van der Waals surface area contributed by atoms with Gasteiger partial charge in [-0.2, -0.15) is 0 Å². The van der Waals surface area contributed by atoms with Crippen molar-refractivity contribution in [3.05, 3.63) is 72.3 Å².